The Morgan fingerprint density at radius 2 is 2.22 bits per heavy atom. The van der Waals surface area contributed by atoms with Gasteiger partial charge in [-0.15, -0.1) is 0 Å². The Bertz CT molecular complexity index is 421. The molecule has 0 amide bonds. The maximum atomic E-state index is 6.32. The number of hydrogen-bond donors (Lipinski definition) is 1. The van der Waals surface area contributed by atoms with Crippen molar-refractivity contribution in [2.24, 2.45) is 5.73 Å². The minimum atomic E-state index is -0.0662. The summed E-state index contributed by atoms with van der Waals surface area (Å²) in [5.74, 6) is 0.959. The molecule has 0 aromatic heterocycles. The summed E-state index contributed by atoms with van der Waals surface area (Å²) in [7, 11) is 0. The van der Waals surface area contributed by atoms with Gasteiger partial charge in [-0.25, -0.2) is 0 Å². The third-order valence-corrected chi connectivity index (χ3v) is 4.42. The van der Waals surface area contributed by atoms with E-state index < -0.39 is 0 Å². The fourth-order valence-corrected chi connectivity index (χ4v) is 3.07. The van der Waals surface area contributed by atoms with Gasteiger partial charge in [0.2, 0.25) is 0 Å². The van der Waals surface area contributed by atoms with Crippen molar-refractivity contribution < 1.29 is 4.74 Å². The standard InChI is InChI=1S/C15H22BrNO/c1-3-5-8-15(4-2)10-13(17)12-7-6-11(16)9-14(12)18-15/h6-7,9,13H,3-5,8,10,17H2,1-2H3/t13-,15?/m0/s1. The van der Waals surface area contributed by atoms with Crippen LogP contribution in [0.15, 0.2) is 22.7 Å². The number of unbranched alkanes of at least 4 members (excludes halogenated alkanes) is 1. The number of rotatable bonds is 4. The number of ether oxygens (including phenoxy) is 1. The number of nitrogens with two attached hydrogens (primary N) is 1. The predicted molar refractivity (Wildman–Crippen MR) is 78.9 cm³/mol. The van der Waals surface area contributed by atoms with Crippen LogP contribution < -0.4 is 10.5 Å². The molecule has 3 heteroatoms. The maximum absolute atomic E-state index is 6.32. The first-order valence-corrected chi connectivity index (χ1v) is 7.63. The van der Waals surface area contributed by atoms with Crippen LogP contribution in [-0.2, 0) is 0 Å². The van der Waals surface area contributed by atoms with Crippen molar-refractivity contribution in [1.82, 2.24) is 0 Å². The van der Waals surface area contributed by atoms with E-state index in [-0.39, 0.29) is 11.6 Å². The number of fused-ring (bicyclic) bond motifs is 1. The van der Waals surface area contributed by atoms with Crippen LogP contribution >= 0.6 is 15.9 Å². The number of benzene rings is 1. The van der Waals surface area contributed by atoms with E-state index in [1.807, 2.05) is 12.1 Å². The third-order valence-electron chi connectivity index (χ3n) is 3.92. The lowest BCUT2D eigenvalue weighted by Crippen LogP contribution is -2.42. The highest BCUT2D eigenvalue weighted by atomic mass is 79.9. The van der Waals surface area contributed by atoms with Crippen molar-refractivity contribution in [1.29, 1.82) is 0 Å². The molecule has 1 aromatic rings. The molecular formula is C15H22BrNO. The average Bonchev–Trinajstić information content (AvgIpc) is 2.36. The zero-order valence-corrected chi connectivity index (χ0v) is 12.8. The summed E-state index contributed by atoms with van der Waals surface area (Å²) >= 11 is 3.50. The Kier molecular flexibility index (Phi) is 4.33. The van der Waals surface area contributed by atoms with Gasteiger partial charge < -0.3 is 10.5 Å². The van der Waals surface area contributed by atoms with Gasteiger partial charge in [0.1, 0.15) is 11.4 Å². The molecule has 0 saturated carbocycles. The summed E-state index contributed by atoms with van der Waals surface area (Å²) in [5.41, 5.74) is 7.40. The molecule has 0 radical (unpaired) electrons. The van der Waals surface area contributed by atoms with Gasteiger partial charge in [-0.05, 0) is 31.4 Å². The molecule has 2 rings (SSSR count). The van der Waals surface area contributed by atoms with E-state index in [0.29, 0.717) is 0 Å². The Labute approximate surface area is 118 Å². The summed E-state index contributed by atoms with van der Waals surface area (Å²) in [6, 6.07) is 6.25. The van der Waals surface area contributed by atoms with Crippen molar-refractivity contribution in [3.8, 4) is 5.75 Å². The van der Waals surface area contributed by atoms with Gasteiger partial charge in [0.25, 0.3) is 0 Å². The van der Waals surface area contributed by atoms with Gasteiger partial charge in [-0.2, -0.15) is 0 Å². The van der Waals surface area contributed by atoms with Gasteiger partial charge in [0, 0.05) is 22.5 Å². The van der Waals surface area contributed by atoms with Crippen molar-refractivity contribution in [3.63, 3.8) is 0 Å². The fraction of sp³-hybridized carbons (Fsp3) is 0.600. The van der Waals surface area contributed by atoms with Gasteiger partial charge in [0.15, 0.2) is 0 Å². The van der Waals surface area contributed by atoms with Gasteiger partial charge in [0.05, 0.1) is 0 Å². The number of halogens is 1. The summed E-state index contributed by atoms with van der Waals surface area (Å²) < 4.78 is 7.36. The Hall–Kier alpha value is -0.540. The zero-order valence-electron chi connectivity index (χ0n) is 11.2. The van der Waals surface area contributed by atoms with Crippen LogP contribution in [0.4, 0.5) is 0 Å². The highest BCUT2D eigenvalue weighted by Gasteiger charge is 2.37. The molecule has 0 fully saturated rings. The minimum Gasteiger partial charge on any atom is -0.487 e. The van der Waals surface area contributed by atoms with E-state index in [4.69, 9.17) is 10.5 Å². The van der Waals surface area contributed by atoms with E-state index in [9.17, 15) is 0 Å². The SMILES string of the molecule is CCCCC1(CC)C[C@H](N)c2ccc(Br)cc2O1. The largest absolute Gasteiger partial charge is 0.487 e. The van der Waals surface area contributed by atoms with Crippen molar-refractivity contribution in [2.75, 3.05) is 0 Å². The predicted octanol–water partition coefficient (Wildman–Crippen LogP) is 4.57. The normalized spacial score (nSPS) is 26.6. The molecule has 2 nitrogen and oxygen atoms in total. The van der Waals surface area contributed by atoms with E-state index >= 15 is 0 Å². The summed E-state index contributed by atoms with van der Waals surface area (Å²) in [4.78, 5) is 0. The molecule has 1 aliphatic heterocycles. The molecule has 2 atom stereocenters. The van der Waals surface area contributed by atoms with Gasteiger partial charge >= 0.3 is 0 Å². The molecule has 1 unspecified atom stereocenters. The smallest absolute Gasteiger partial charge is 0.126 e. The molecule has 1 heterocycles. The summed E-state index contributed by atoms with van der Waals surface area (Å²) in [6.07, 6.45) is 5.44. The summed E-state index contributed by atoms with van der Waals surface area (Å²) in [5, 5.41) is 0. The van der Waals surface area contributed by atoms with Crippen LogP contribution in [0.5, 0.6) is 5.75 Å². The first kappa shape index (κ1) is 13.9. The molecule has 0 saturated heterocycles. The molecule has 2 N–H and O–H groups in total. The second-order valence-electron chi connectivity index (χ2n) is 5.23. The van der Waals surface area contributed by atoms with Crippen LogP contribution in [0.3, 0.4) is 0 Å². The van der Waals surface area contributed by atoms with E-state index in [0.717, 1.165) is 35.0 Å². The summed E-state index contributed by atoms with van der Waals surface area (Å²) in [6.45, 7) is 4.42. The van der Waals surface area contributed by atoms with Crippen LogP contribution in [0.2, 0.25) is 0 Å². The molecule has 100 valence electrons. The molecule has 0 spiro atoms. The van der Waals surface area contributed by atoms with Gasteiger partial charge in [-0.3, -0.25) is 0 Å². The molecule has 0 aliphatic carbocycles. The second kappa shape index (κ2) is 5.62. The average molecular weight is 312 g/mol. The van der Waals surface area contributed by atoms with Crippen molar-refractivity contribution in [3.05, 3.63) is 28.2 Å². The van der Waals surface area contributed by atoms with E-state index in [2.05, 4.69) is 35.8 Å². The lowest BCUT2D eigenvalue weighted by Gasteiger charge is -2.41. The van der Waals surface area contributed by atoms with E-state index in [1.54, 1.807) is 0 Å². The van der Waals surface area contributed by atoms with Crippen LogP contribution in [0, 0.1) is 0 Å². The van der Waals surface area contributed by atoms with Crippen LogP contribution in [0.1, 0.15) is 57.6 Å². The Morgan fingerprint density at radius 3 is 2.89 bits per heavy atom. The molecule has 1 aromatic carbocycles. The van der Waals surface area contributed by atoms with Crippen molar-refractivity contribution >= 4 is 15.9 Å². The Balaban J connectivity index is 2.29. The minimum absolute atomic E-state index is 0.0662. The van der Waals surface area contributed by atoms with Gasteiger partial charge in [-0.1, -0.05) is 42.3 Å². The van der Waals surface area contributed by atoms with E-state index in [1.165, 1.54) is 12.8 Å². The quantitative estimate of drug-likeness (QED) is 0.884. The van der Waals surface area contributed by atoms with Crippen LogP contribution in [0.25, 0.3) is 0 Å². The zero-order chi connectivity index (χ0) is 13.2. The molecule has 18 heavy (non-hydrogen) atoms. The first-order valence-electron chi connectivity index (χ1n) is 6.84. The fourth-order valence-electron chi connectivity index (χ4n) is 2.73. The maximum Gasteiger partial charge on any atom is 0.126 e. The highest BCUT2D eigenvalue weighted by molar-refractivity contribution is 9.10. The lowest BCUT2D eigenvalue weighted by molar-refractivity contribution is 0.0217. The third kappa shape index (κ3) is 2.72. The topological polar surface area (TPSA) is 35.2 Å². The second-order valence-corrected chi connectivity index (χ2v) is 6.15. The van der Waals surface area contributed by atoms with Crippen molar-refractivity contribution in [2.45, 2.75) is 57.6 Å². The van der Waals surface area contributed by atoms with Crippen LogP contribution in [-0.4, -0.2) is 5.60 Å². The highest BCUT2D eigenvalue weighted by Crippen LogP contribution is 2.43. The monoisotopic (exact) mass is 311 g/mol. The lowest BCUT2D eigenvalue weighted by atomic mass is 9.82. The molecular weight excluding hydrogens is 290 g/mol. The number of hydrogen-bond acceptors (Lipinski definition) is 2. The Morgan fingerprint density at radius 1 is 1.44 bits per heavy atom. The molecule has 1 aliphatic rings. The first-order chi connectivity index (χ1) is 8.60. The molecule has 0 bridgehead atoms.